The average molecular weight is 336 g/mol. The second kappa shape index (κ2) is 7.51. The van der Waals surface area contributed by atoms with Gasteiger partial charge in [0.2, 0.25) is 0 Å². The van der Waals surface area contributed by atoms with Gasteiger partial charge in [-0.25, -0.2) is 23.1 Å². The minimum Gasteiger partial charge on any atom is -0.367 e. The van der Waals surface area contributed by atoms with E-state index in [1.54, 1.807) is 6.07 Å². The molecule has 0 saturated heterocycles. The summed E-state index contributed by atoms with van der Waals surface area (Å²) in [6.45, 7) is 0. The molecule has 2 aromatic rings. The summed E-state index contributed by atoms with van der Waals surface area (Å²) in [5, 5.41) is 6.02. The van der Waals surface area contributed by atoms with Gasteiger partial charge in [0.15, 0.2) is 17.5 Å². The molecule has 1 aliphatic carbocycles. The molecule has 0 amide bonds. The summed E-state index contributed by atoms with van der Waals surface area (Å²) in [6.07, 6.45) is 8.41. The van der Waals surface area contributed by atoms with Crippen LogP contribution in [-0.2, 0) is 0 Å². The molecular formula is C17H19F3N4. The molecule has 0 spiro atoms. The van der Waals surface area contributed by atoms with E-state index in [1.807, 2.05) is 0 Å². The first kappa shape index (κ1) is 16.5. The van der Waals surface area contributed by atoms with E-state index in [0.717, 1.165) is 25.0 Å². The van der Waals surface area contributed by atoms with Crippen LogP contribution in [0.15, 0.2) is 24.5 Å². The van der Waals surface area contributed by atoms with E-state index in [1.165, 1.54) is 32.0 Å². The molecule has 0 atom stereocenters. The van der Waals surface area contributed by atoms with E-state index < -0.39 is 17.5 Å². The highest BCUT2D eigenvalue weighted by Gasteiger charge is 2.15. The molecule has 3 rings (SSSR count). The molecule has 0 unspecified atom stereocenters. The van der Waals surface area contributed by atoms with Gasteiger partial charge >= 0.3 is 0 Å². The summed E-state index contributed by atoms with van der Waals surface area (Å²) < 4.78 is 40.0. The first-order valence-corrected chi connectivity index (χ1v) is 8.12. The summed E-state index contributed by atoms with van der Waals surface area (Å²) in [7, 11) is 0. The minimum atomic E-state index is -1.51. The molecule has 0 radical (unpaired) electrons. The Hall–Kier alpha value is -2.31. The molecule has 128 valence electrons. The zero-order valence-corrected chi connectivity index (χ0v) is 13.2. The number of hydrogen-bond donors (Lipinski definition) is 2. The van der Waals surface area contributed by atoms with Gasteiger partial charge in [-0.05, 0) is 25.0 Å². The van der Waals surface area contributed by atoms with Crippen molar-refractivity contribution in [2.24, 2.45) is 0 Å². The van der Waals surface area contributed by atoms with Crippen molar-refractivity contribution < 1.29 is 13.2 Å². The van der Waals surface area contributed by atoms with Crippen molar-refractivity contribution in [3.8, 4) is 0 Å². The van der Waals surface area contributed by atoms with Gasteiger partial charge in [-0.15, -0.1) is 0 Å². The lowest BCUT2D eigenvalue weighted by Gasteiger charge is -2.17. The summed E-state index contributed by atoms with van der Waals surface area (Å²) in [5.74, 6) is -3.07. The Morgan fingerprint density at radius 1 is 0.875 bits per heavy atom. The second-order valence-corrected chi connectivity index (χ2v) is 5.97. The number of hydrogen-bond acceptors (Lipinski definition) is 4. The fourth-order valence-corrected chi connectivity index (χ4v) is 2.90. The number of halogens is 3. The Morgan fingerprint density at radius 3 is 2.33 bits per heavy atom. The van der Waals surface area contributed by atoms with Crippen molar-refractivity contribution in [1.82, 2.24) is 9.97 Å². The van der Waals surface area contributed by atoms with Crippen molar-refractivity contribution in [3.05, 3.63) is 42.0 Å². The van der Waals surface area contributed by atoms with Crippen LogP contribution in [0, 0.1) is 17.5 Å². The first-order valence-electron chi connectivity index (χ1n) is 8.12. The molecule has 4 nitrogen and oxygen atoms in total. The van der Waals surface area contributed by atoms with E-state index in [9.17, 15) is 13.2 Å². The van der Waals surface area contributed by atoms with Crippen molar-refractivity contribution in [2.75, 3.05) is 10.6 Å². The van der Waals surface area contributed by atoms with Gasteiger partial charge in [-0.2, -0.15) is 0 Å². The lowest BCUT2D eigenvalue weighted by molar-refractivity contribution is 0.449. The van der Waals surface area contributed by atoms with Crippen LogP contribution in [0.1, 0.15) is 38.5 Å². The topological polar surface area (TPSA) is 49.8 Å². The lowest BCUT2D eigenvalue weighted by Crippen LogP contribution is -2.19. The second-order valence-electron chi connectivity index (χ2n) is 5.97. The molecule has 0 bridgehead atoms. The number of nitrogens with zero attached hydrogens (tertiary/aromatic N) is 2. The Kier molecular flexibility index (Phi) is 5.17. The van der Waals surface area contributed by atoms with Crippen LogP contribution < -0.4 is 10.6 Å². The largest absolute Gasteiger partial charge is 0.367 e. The molecule has 24 heavy (non-hydrogen) atoms. The predicted octanol–water partition coefficient (Wildman–Crippen LogP) is 4.77. The molecule has 1 aromatic heterocycles. The zero-order valence-electron chi connectivity index (χ0n) is 13.2. The van der Waals surface area contributed by atoms with Crippen molar-refractivity contribution in [1.29, 1.82) is 0 Å². The highest BCUT2D eigenvalue weighted by Crippen LogP contribution is 2.24. The van der Waals surface area contributed by atoms with E-state index >= 15 is 0 Å². The minimum absolute atomic E-state index is 0.173. The molecule has 1 heterocycles. The number of benzene rings is 1. The zero-order chi connectivity index (χ0) is 16.9. The molecule has 2 N–H and O–H groups in total. The third-order valence-corrected chi connectivity index (χ3v) is 4.17. The maximum absolute atomic E-state index is 13.7. The fourth-order valence-electron chi connectivity index (χ4n) is 2.90. The maximum Gasteiger partial charge on any atom is 0.196 e. The normalized spacial score (nSPS) is 15.8. The Bertz CT molecular complexity index is 700. The van der Waals surface area contributed by atoms with Gasteiger partial charge < -0.3 is 10.6 Å². The van der Waals surface area contributed by atoms with Crippen LogP contribution in [0.3, 0.4) is 0 Å². The van der Waals surface area contributed by atoms with Gasteiger partial charge in [0.1, 0.15) is 18.0 Å². The predicted molar refractivity (Wildman–Crippen MR) is 86.7 cm³/mol. The van der Waals surface area contributed by atoms with Crippen molar-refractivity contribution >= 4 is 17.3 Å². The molecular weight excluding hydrogens is 317 g/mol. The third kappa shape index (κ3) is 3.96. The van der Waals surface area contributed by atoms with Crippen molar-refractivity contribution in [2.45, 2.75) is 44.6 Å². The Balaban J connectivity index is 1.72. The van der Waals surface area contributed by atoms with Crippen molar-refractivity contribution in [3.63, 3.8) is 0 Å². The number of anilines is 3. The average Bonchev–Trinajstić information content (AvgIpc) is 2.84. The molecule has 7 heteroatoms. The Labute approximate surface area is 138 Å². The van der Waals surface area contributed by atoms with Crippen LogP contribution in [-0.4, -0.2) is 16.0 Å². The van der Waals surface area contributed by atoms with Crippen LogP contribution in [0.2, 0.25) is 0 Å². The fraction of sp³-hybridized carbons (Fsp3) is 0.412. The smallest absolute Gasteiger partial charge is 0.196 e. The summed E-state index contributed by atoms with van der Waals surface area (Å²) in [5.41, 5.74) is -0.173. The standard InChI is InChI=1S/C17H19F3N4/c18-12-7-8-13(17(20)16(12)19)24-15-9-14(21-10-22-15)23-11-5-3-1-2-4-6-11/h7-11H,1-6H2,(H2,21,22,23,24). The number of nitrogens with one attached hydrogen (secondary N) is 2. The molecule has 1 aliphatic rings. The Morgan fingerprint density at radius 2 is 1.58 bits per heavy atom. The number of aromatic nitrogens is 2. The summed E-state index contributed by atoms with van der Waals surface area (Å²) >= 11 is 0. The van der Waals surface area contributed by atoms with Crippen LogP contribution in [0.4, 0.5) is 30.5 Å². The maximum atomic E-state index is 13.7. The molecule has 1 fully saturated rings. The van der Waals surface area contributed by atoms with Gasteiger partial charge in [-0.1, -0.05) is 25.7 Å². The highest BCUT2D eigenvalue weighted by molar-refractivity contribution is 5.59. The molecule has 1 aromatic carbocycles. The SMILES string of the molecule is Fc1ccc(Nc2cc(NC3CCCCCC3)ncn2)c(F)c1F. The highest BCUT2D eigenvalue weighted by atomic mass is 19.2. The van der Waals surface area contributed by atoms with E-state index in [-0.39, 0.29) is 5.69 Å². The lowest BCUT2D eigenvalue weighted by atomic mass is 10.1. The van der Waals surface area contributed by atoms with Gasteiger partial charge in [0.05, 0.1) is 5.69 Å². The number of rotatable bonds is 4. The third-order valence-electron chi connectivity index (χ3n) is 4.17. The molecule has 0 aliphatic heterocycles. The summed E-state index contributed by atoms with van der Waals surface area (Å²) in [4.78, 5) is 8.16. The van der Waals surface area contributed by atoms with Crippen LogP contribution >= 0.6 is 0 Å². The van der Waals surface area contributed by atoms with E-state index in [4.69, 9.17) is 0 Å². The monoisotopic (exact) mass is 336 g/mol. The van der Waals surface area contributed by atoms with Gasteiger partial charge in [-0.3, -0.25) is 0 Å². The van der Waals surface area contributed by atoms with Crippen LogP contribution in [0.25, 0.3) is 0 Å². The van der Waals surface area contributed by atoms with E-state index in [2.05, 4.69) is 20.6 Å². The van der Waals surface area contributed by atoms with Gasteiger partial charge in [0, 0.05) is 12.1 Å². The summed E-state index contributed by atoms with van der Waals surface area (Å²) in [6, 6.07) is 3.99. The van der Waals surface area contributed by atoms with Gasteiger partial charge in [0.25, 0.3) is 0 Å². The molecule has 1 saturated carbocycles. The van der Waals surface area contributed by atoms with Crippen LogP contribution in [0.5, 0.6) is 0 Å². The quantitative estimate of drug-likeness (QED) is 0.624. The first-order chi connectivity index (χ1) is 11.6. The van der Waals surface area contributed by atoms with E-state index in [0.29, 0.717) is 17.7 Å².